The molecule has 2 atom stereocenters. The van der Waals surface area contributed by atoms with Crippen LogP contribution in [0.3, 0.4) is 0 Å². The molecule has 2 heterocycles. The van der Waals surface area contributed by atoms with Crippen molar-refractivity contribution >= 4 is 0 Å². The van der Waals surface area contributed by atoms with E-state index >= 15 is 0 Å². The van der Waals surface area contributed by atoms with Crippen molar-refractivity contribution in [3.8, 4) is 0 Å². The number of aryl methyl sites for hydroxylation is 1. The van der Waals surface area contributed by atoms with Gasteiger partial charge >= 0.3 is 0 Å². The Hall–Kier alpha value is -0.870. The Morgan fingerprint density at radius 1 is 1.64 bits per heavy atom. The second-order valence-corrected chi connectivity index (χ2v) is 3.79. The highest BCUT2D eigenvalue weighted by Crippen LogP contribution is 2.30. The van der Waals surface area contributed by atoms with E-state index < -0.39 is 0 Å². The molecule has 0 aromatic carbocycles. The highest BCUT2D eigenvalue weighted by Gasteiger charge is 2.24. The number of hydrogen-bond acceptors (Lipinski definition) is 3. The smallest absolute Gasteiger partial charge is 0.0995 e. The average molecular weight is 195 g/mol. The van der Waals surface area contributed by atoms with Gasteiger partial charge in [-0.2, -0.15) is 5.10 Å². The zero-order chi connectivity index (χ0) is 9.97. The van der Waals surface area contributed by atoms with Crippen molar-refractivity contribution in [2.75, 3.05) is 6.54 Å². The molecule has 1 saturated heterocycles. The molecule has 14 heavy (non-hydrogen) atoms. The van der Waals surface area contributed by atoms with Crippen LogP contribution in [0, 0.1) is 0 Å². The molecule has 0 bridgehead atoms. The largest absolute Gasteiger partial charge is 0.367 e. The van der Waals surface area contributed by atoms with E-state index in [1.165, 1.54) is 6.42 Å². The summed E-state index contributed by atoms with van der Waals surface area (Å²) in [4.78, 5) is 0. The maximum absolute atomic E-state index is 5.87. The molecule has 4 heteroatoms. The van der Waals surface area contributed by atoms with E-state index in [0.717, 1.165) is 18.5 Å². The van der Waals surface area contributed by atoms with Gasteiger partial charge in [-0.15, -0.1) is 0 Å². The summed E-state index contributed by atoms with van der Waals surface area (Å²) in [6, 6.07) is 2.02. The second kappa shape index (κ2) is 4.11. The molecule has 0 amide bonds. The average Bonchev–Trinajstić information content (AvgIpc) is 2.65. The fourth-order valence-corrected chi connectivity index (χ4v) is 1.99. The van der Waals surface area contributed by atoms with Crippen molar-refractivity contribution in [3.05, 3.63) is 18.0 Å². The van der Waals surface area contributed by atoms with Crippen molar-refractivity contribution in [1.29, 1.82) is 0 Å². The van der Waals surface area contributed by atoms with Crippen LogP contribution in [0.2, 0.25) is 0 Å². The lowest BCUT2D eigenvalue weighted by Gasteiger charge is -2.29. The van der Waals surface area contributed by atoms with Crippen molar-refractivity contribution in [2.45, 2.75) is 31.5 Å². The van der Waals surface area contributed by atoms with Gasteiger partial charge < -0.3 is 10.5 Å². The van der Waals surface area contributed by atoms with Crippen molar-refractivity contribution in [2.24, 2.45) is 12.8 Å². The lowest BCUT2D eigenvalue weighted by molar-refractivity contribution is -0.0498. The number of ether oxygens (including phenoxy) is 1. The molecule has 1 fully saturated rings. The Labute approximate surface area is 84.0 Å². The topological polar surface area (TPSA) is 53.1 Å². The zero-order valence-corrected chi connectivity index (χ0v) is 8.52. The molecule has 0 aliphatic carbocycles. The van der Waals surface area contributed by atoms with E-state index in [2.05, 4.69) is 5.10 Å². The van der Waals surface area contributed by atoms with Crippen LogP contribution < -0.4 is 5.73 Å². The third-order valence-corrected chi connectivity index (χ3v) is 2.80. The van der Waals surface area contributed by atoms with E-state index in [4.69, 9.17) is 10.5 Å². The monoisotopic (exact) mass is 195 g/mol. The lowest BCUT2D eigenvalue weighted by Crippen LogP contribution is -2.30. The Bertz CT molecular complexity index is 297. The summed E-state index contributed by atoms with van der Waals surface area (Å²) in [5, 5.41) is 4.15. The van der Waals surface area contributed by atoms with Gasteiger partial charge in [0.2, 0.25) is 0 Å². The van der Waals surface area contributed by atoms with Gasteiger partial charge in [-0.3, -0.25) is 4.68 Å². The molecule has 78 valence electrons. The Kier molecular flexibility index (Phi) is 2.84. The maximum Gasteiger partial charge on any atom is 0.0995 e. The molecule has 0 radical (unpaired) electrons. The molecule has 1 aliphatic heterocycles. The third-order valence-electron chi connectivity index (χ3n) is 2.80. The summed E-state index contributed by atoms with van der Waals surface area (Å²) in [7, 11) is 1.95. The summed E-state index contributed by atoms with van der Waals surface area (Å²) in [6.45, 7) is 0.619. The van der Waals surface area contributed by atoms with E-state index in [1.54, 1.807) is 0 Å². The van der Waals surface area contributed by atoms with Crippen LogP contribution in [0.1, 0.15) is 31.1 Å². The Morgan fingerprint density at radius 2 is 2.50 bits per heavy atom. The fourth-order valence-electron chi connectivity index (χ4n) is 1.99. The predicted octanol–water partition coefficient (Wildman–Crippen LogP) is 0.989. The maximum atomic E-state index is 5.87. The van der Waals surface area contributed by atoms with Gasteiger partial charge in [0.25, 0.3) is 0 Å². The van der Waals surface area contributed by atoms with Crippen LogP contribution in [0.4, 0.5) is 0 Å². The van der Waals surface area contributed by atoms with E-state index in [0.29, 0.717) is 6.54 Å². The number of hydrogen-bond donors (Lipinski definition) is 1. The molecule has 0 saturated carbocycles. The third kappa shape index (κ3) is 1.81. The molecular formula is C10H17N3O. The first-order valence-electron chi connectivity index (χ1n) is 5.14. The van der Waals surface area contributed by atoms with Crippen LogP contribution >= 0.6 is 0 Å². The summed E-state index contributed by atoms with van der Waals surface area (Å²) in [6.07, 6.45) is 5.58. The zero-order valence-electron chi connectivity index (χ0n) is 8.52. The molecule has 2 rings (SSSR count). The van der Waals surface area contributed by atoms with Crippen LogP contribution in [0.15, 0.2) is 12.3 Å². The molecule has 1 aromatic rings. The number of aromatic nitrogens is 2. The minimum absolute atomic E-state index is 0.185. The molecule has 1 aliphatic rings. The lowest BCUT2D eigenvalue weighted by atomic mass is 10.0. The van der Waals surface area contributed by atoms with Gasteiger partial charge in [0.1, 0.15) is 0 Å². The van der Waals surface area contributed by atoms with Crippen LogP contribution in [0.5, 0.6) is 0 Å². The van der Waals surface area contributed by atoms with E-state index in [9.17, 15) is 0 Å². The highest BCUT2D eigenvalue weighted by atomic mass is 16.5. The fraction of sp³-hybridized carbons (Fsp3) is 0.700. The summed E-state index contributed by atoms with van der Waals surface area (Å²) >= 11 is 0. The first-order valence-corrected chi connectivity index (χ1v) is 5.14. The van der Waals surface area contributed by atoms with Crippen LogP contribution in [-0.4, -0.2) is 22.4 Å². The minimum Gasteiger partial charge on any atom is -0.367 e. The quantitative estimate of drug-likeness (QED) is 0.765. The van der Waals surface area contributed by atoms with Gasteiger partial charge in [0.05, 0.1) is 17.9 Å². The van der Waals surface area contributed by atoms with Gasteiger partial charge in [0, 0.05) is 19.8 Å². The number of nitrogens with two attached hydrogens (primary N) is 1. The molecule has 1 aromatic heterocycles. The normalized spacial score (nSPS) is 27.9. The SMILES string of the molecule is Cn1nccc1C1CCCC(CN)O1. The molecule has 4 nitrogen and oxygen atoms in total. The summed E-state index contributed by atoms with van der Waals surface area (Å²) < 4.78 is 7.75. The molecular weight excluding hydrogens is 178 g/mol. The number of rotatable bonds is 2. The van der Waals surface area contributed by atoms with Crippen LogP contribution in [0.25, 0.3) is 0 Å². The Morgan fingerprint density at radius 3 is 3.14 bits per heavy atom. The van der Waals surface area contributed by atoms with E-state index in [-0.39, 0.29) is 12.2 Å². The number of nitrogens with zero attached hydrogens (tertiary/aromatic N) is 2. The van der Waals surface area contributed by atoms with E-state index in [1.807, 2.05) is 24.0 Å². The van der Waals surface area contributed by atoms with Crippen molar-refractivity contribution < 1.29 is 4.74 Å². The first kappa shape index (κ1) is 9.68. The van der Waals surface area contributed by atoms with Gasteiger partial charge in [-0.1, -0.05) is 0 Å². The van der Waals surface area contributed by atoms with Gasteiger partial charge in [-0.25, -0.2) is 0 Å². The van der Waals surface area contributed by atoms with Crippen molar-refractivity contribution in [3.63, 3.8) is 0 Å². The standard InChI is InChI=1S/C10H17N3O/c1-13-9(5-6-12-13)10-4-2-3-8(7-11)14-10/h5-6,8,10H,2-4,7,11H2,1H3. The van der Waals surface area contributed by atoms with Gasteiger partial charge in [0.15, 0.2) is 0 Å². The van der Waals surface area contributed by atoms with Gasteiger partial charge in [-0.05, 0) is 25.3 Å². The van der Waals surface area contributed by atoms with Crippen LogP contribution in [-0.2, 0) is 11.8 Å². The second-order valence-electron chi connectivity index (χ2n) is 3.79. The highest BCUT2D eigenvalue weighted by molar-refractivity contribution is 5.05. The summed E-state index contributed by atoms with van der Waals surface area (Å²) in [5.74, 6) is 0. The molecule has 2 unspecified atom stereocenters. The van der Waals surface area contributed by atoms with Crippen molar-refractivity contribution in [1.82, 2.24) is 9.78 Å². The first-order chi connectivity index (χ1) is 6.81. The summed E-state index contributed by atoms with van der Waals surface area (Å²) in [5.41, 5.74) is 6.77. The predicted molar refractivity (Wildman–Crippen MR) is 53.7 cm³/mol. The minimum atomic E-state index is 0.185. The molecule has 2 N–H and O–H groups in total. The Balaban J connectivity index is 2.08. The molecule has 0 spiro atoms.